The molecule has 4 rings (SSSR count). The van der Waals surface area contributed by atoms with E-state index < -0.39 is 0 Å². The van der Waals surface area contributed by atoms with Gasteiger partial charge in [-0.3, -0.25) is 0 Å². The minimum Gasteiger partial charge on any atom is -0.383 e. The van der Waals surface area contributed by atoms with Crippen molar-refractivity contribution in [1.82, 2.24) is 15.0 Å². The summed E-state index contributed by atoms with van der Waals surface area (Å²) in [5, 5.41) is 0.877. The monoisotopic (exact) mass is 390 g/mol. The lowest BCUT2D eigenvalue weighted by atomic mass is 9.91. The Bertz CT molecular complexity index is 580. The van der Waals surface area contributed by atoms with Crippen LogP contribution in [0.4, 0.5) is 5.82 Å². The smallest absolute Gasteiger partial charge is 0.142 e. The molecule has 2 saturated carbocycles. The molecule has 2 aliphatic carbocycles. The molecule has 27 heavy (non-hydrogen) atoms. The first kappa shape index (κ1) is 22.1. The molecule has 2 fully saturated rings. The van der Waals surface area contributed by atoms with Crippen molar-refractivity contribution < 1.29 is 0 Å². The Balaban J connectivity index is 0.000000146. The number of nitrogens with one attached hydrogen (secondary N) is 1. The Labute approximate surface area is 169 Å². The van der Waals surface area contributed by atoms with E-state index in [9.17, 15) is 0 Å². The SMILES string of the molecule is C1CCCCCCC1.CSCC1CCCCC1.Nc1ncnc2[nH]ccc12. The molecule has 0 bridgehead atoms. The normalized spacial score (nSPS) is 18.4. The van der Waals surface area contributed by atoms with Crippen molar-refractivity contribution in [2.75, 3.05) is 17.7 Å². The zero-order valence-corrected chi connectivity index (χ0v) is 17.9. The summed E-state index contributed by atoms with van der Waals surface area (Å²) in [5.41, 5.74) is 6.31. The maximum atomic E-state index is 5.53. The fourth-order valence-corrected chi connectivity index (χ4v) is 4.70. The van der Waals surface area contributed by atoms with Crippen LogP contribution in [0, 0.1) is 5.92 Å². The van der Waals surface area contributed by atoms with Gasteiger partial charge in [0.05, 0.1) is 5.39 Å². The lowest BCUT2D eigenvalue weighted by Crippen LogP contribution is -2.07. The van der Waals surface area contributed by atoms with Gasteiger partial charge in [0.25, 0.3) is 0 Å². The summed E-state index contributed by atoms with van der Waals surface area (Å²) in [5.74, 6) is 2.99. The predicted octanol–water partition coefficient (Wildman–Crippen LogP) is 6.59. The quantitative estimate of drug-likeness (QED) is 0.607. The number of aromatic nitrogens is 3. The van der Waals surface area contributed by atoms with Gasteiger partial charge in [0.2, 0.25) is 0 Å². The first-order chi connectivity index (χ1) is 13.3. The lowest BCUT2D eigenvalue weighted by molar-refractivity contribution is 0.391. The number of nitrogens with zero attached hydrogens (tertiary/aromatic N) is 2. The van der Waals surface area contributed by atoms with Gasteiger partial charge in [-0.25, -0.2) is 9.97 Å². The molecule has 0 radical (unpaired) electrons. The number of aromatic amines is 1. The van der Waals surface area contributed by atoms with E-state index in [1.807, 2.05) is 17.8 Å². The standard InChI is InChI=1S/C8H16S.C8H16.C6H6N4/c1-9-7-8-5-3-2-4-6-8;1-2-4-6-8-7-5-3-1;7-5-4-1-2-8-6(4)10-3-9-5/h8H,2-7H2,1H3;1-8H2;1-3H,(H3,7,8,9,10). The van der Waals surface area contributed by atoms with Gasteiger partial charge in [0.1, 0.15) is 17.8 Å². The van der Waals surface area contributed by atoms with Crippen LogP contribution in [0.15, 0.2) is 18.6 Å². The molecule has 5 heteroatoms. The summed E-state index contributed by atoms with van der Waals surface area (Å²) in [6.45, 7) is 0. The minimum absolute atomic E-state index is 0.520. The van der Waals surface area contributed by atoms with E-state index >= 15 is 0 Å². The molecule has 0 aliphatic heterocycles. The van der Waals surface area contributed by atoms with Crippen LogP contribution in [0.25, 0.3) is 11.0 Å². The van der Waals surface area contributed by atoms with E-state index in [0.29, 0.717) is 5.82 Å². The summed E-state index contributed by atoms with van der Waals surface area (Å²) in [4.78, 5) is 10.7. The van der Waals surface area contributed by atoms with Gasteiger partial charge in [-0.15, -0.1) is 0 Å². The van der Waals surface area contributed by atoms with Crippen LogP contribution in [0.1, 0.15) is 83.5 Å². The molecule has 0 spiro atoms. The zero-order chi connectivity index (χ0) is 19.2. The van der Waals surface area contributed by atoms with Gasteiger partial charge in [0, 0.05) is 6.20 Å². The highest BCUT2D eigenvalue weighted by Crippen LogP contribution is 2.25. The summed E-state index contributed by atoms with van der Waals surface area (Å²) < 4.78 is 0. The van der Waals surface area contributed by atoms with Gasteiger partial charge < -0.3 is 10.7 Å². The summed E-state index contributed by atoms with van der Waals surface area (Å²) in [6.07, 6.45) is 24.9. The third-order valence-electron chi connectivity index (χ3n) is 5.51. The lowest BCUT2D eigenvalue weighted by Gasteiger charge is -2.19. The van der Waals surface area contributed by atoms with E-state index in [2.05, 4.69) is 21.2 Å². The second kappa shape index (κ2) is 13.9. The molecule has 0 amide bonds. The Hall–Kier alpha value is -1.23. The van der Waals surface area contributed by atoms with Crippen molar-refractivity contribution >= 4 is 28.6 Å². The third kappa shape index (κ3) is 9.00. The van der Waals surface area contributed by atoms with E-state index in [4.69, 9.17) is 5.73 Å². The minimum atomic E-state index is 0.520. The first-order valence-electron chi connectivity index (χ1n) is 10.8. The number of H-pyrrole nitrogens is 1. The van der Waals surface area contributed by atoms with Crippen molar-refractivity contribution in [2.24, 2.45) is 5.92 Å². The molecule has 0 aromatic carbocycles. The van der Waals surface area contributed by atoms with E-state index in [-0.39, 0.29) is 0 Å². The number of rotatable bonds is 2. The van der Waals surface area contributed by atoms with Crippen molar-refractivity contribution in [1.29, 1.82) is 0 Å². The molecular formula is C22H38N4S. The number of fused-ring (bicyclic) bond motifs is 1. The molecule has 0 atom stereocenters. The molecule has 2 aromatic rings. The molecule has 2 aromatic heterocycles. The molecule has 0 unspecified atom stereocenters. The van der Waals surface area contributed by atoms with Crippen molar-refractivity contribution in [3.8, 4) is 0 Å². The van der Waals surface area contributed by atoms with E-state index in [1.54, 1.807) is 6.20 Å². The molecule has 4 nitrogen and oxygen atoms in total. The van der Waals surface area contributed by atoms with Crippen molar-refractivity contribution in [2.45, 2.75) is 83.5 Å². The van der Waals surface area contributed by atoms with Crippen LogP contribution >= 0.6 is 11.8 Å². The van der Waals surface area contributed by atoms with Crippen LogP contribution in [-0.2, 0) is 0 Å². The van der Waals surface area contributed by atoms with E-state index in [0.717, 1.165) is 17.0 Å². The van der Waals surface area contributed by atoms with Crippen LogP contribution in [0.3, 0.4) is 0 Å². The van der Waals surface area contributed by atoms with Crippen LogP contribution in [-0.4, -0.2) is 27.0 Å². The maximum Gasteiger partial charge on any atom is 0.142 e. The number of hydrogen-bond donors (Lipinski definition) is 2. The van der Waals surface area contributed by atoms with Gasteiger partial charge in [-0.05, 0) is 36.8 Å². The first-order valence-corrected chi connectivity index (χ1v) is 12.2. The molecule has 2 heterocycles. The number of nitrogens with two attached hydrogens (primary N) is 1. The fraction of sp³-hybridized carbons (Fsp3) is 0.727. The largest absolute Gasteiger partial charge is 0.383 e. The second-order valence-electron chi connectivity index (χ2n) is 7.79. The number of thioether (sulfide) groups is 1. The Morgan fingerprint density at radius 1 is 0.926 bits per heavy atom. The molecule has 2 aliphatic rings. The number of nitrogen functional groups attached to an aromatic ring is 1. The van der Waals surface area contributed by atoms with Gasteiger partial charge in [0.15, 0.2) is 0 Å². The van der Waals surface area contributed by atoms with Crippen molar-refractivity contribution in [3.05, 3.63) is 18.6 Å². The molecule has 3 N–H and O–H groups in total. The topological polar surface area (TPSA) is 67.6 Å². The van der Waals surface area contributed by atoms with Gasteiger partial charge in [-0.1, -0.05) is 70.6 Å². The van der Waals surface area contributed by atoms with Crippen LogP contribution < -0.4 is 5.73 Å². The highest BCUT2D eigenvalue weighted by atomic mass is 32.2. The average Bonchev–Trinajstić information content (AvgIpc) is 3.14. The summed E-state index contributed by atoms with van der Waals surface area (Å²) in [7, 11) is 0. The van der Waals surface area contributed by atoms with Gasteiger partial charge in [-0.2, -0.15) is 11.8 Å². The highest BCUT2D eigenvalue weighted by molar-refractivity contribution is 7.98. The van der Waals surface area contributed by atoms with Gasteiger partial charge >= 0.3 is 0 Å². The maximum absolute atomic E-state index is 5.53. The zero-order valence-electron chi connectivity index (χ0n) is 17.1. The predicted molar refractivity (Wildman–Crippen MR) is 120 cm³/mol. The Morgan fingerprint density at radius 3 is 2.00 bits per heavy atom. The van der Waals surface area contributed by atoms with Crippen LogP contribution in [0.2, 0.25) is 0 Å². The summed E-state index contributed by atoms with van der Waals surface area (Å²) >= 11 is 2.01. The molecule has 152 valence electrons. The number of anilines is 1. The Morgan fingerprint density at radius 2 is 1.48 bits per heavy atom. The molecular weight excluding hydrogens is 352 g/mol. The van der Waals surface area contributed by atoms with Crippen molar-refractivity contribution in [3.63, 3.8) is 0 Å². The second-order valence-corrected chi connectivity index (χ2v) is 8.70. The van der Waals surface area contributed by atoms with Crippen LogP contribution in [0.5, 0.6) is 0 Å². The number of hydrogen-bond acceptors (Lipinski definition) is 4. The summed E-state index contributed by atoms with van der Waals surface area (Å²) in [6, 6.07) is 1.85. The highest BCUT2D eigenvalue weighted by Gasteiger charge is 2.11. The Kier molecular flexibility index (Phi) is 11.3. The van der Waals surface area contributed by atoms with E-state index in [1.165, 1.54) is 95.6 Å². The third-order valence-corrected chi connectivity index (χ3v) is 6.32. The molecule has 0 saturated heterocycles. The fourth-order valence-electron chi connectivity index (χ4n) is 3.90. The average molecular weight is 391 g/mol.